The largest absolute Gasteiger partial charge is 0.376 e. The van der Waals surface area contributed by atoms with E-state index in [9.17, 15) is 4.39 Å². The molecule has 1 atom stereocenters. The summed E-state index contributed by atoms with van der Waals surface area (Å²) in [4.78, 5) is 0. The summed E-state index contributed by atoms with van der Waals surface area (Å²) in [5.41, 5.74) is 1.87. The fraction of sp³-hybridized carbons (Fsp3) is 0.429. The highest BCUT2D eigenvalue weighted by Gasteiger charge is 2.07. The van der Waals surface area contributed by atoms with Crippen LogP contribution in [-0.4, -0.2) is 19.8 Å². The van der Waals surface area contributed by atoms with Gasteiger partial charge < -0.3 is 10.1 Å². The number of benzene rings is 1. The van der Waals surface area contributed by atoms with Crippen molar-refractivity contribution in [3.05, 3.63) is 46.8 Å². The quantitative estimate of drug-likeness (QED) is 0.603. The molecule has 0 spiro atoms. The van der Waals surface area contributed by atoms with Gasteiger partial charge in [0.15, 0.2) is 0 Å². The third kappa shape index (κ3) is 5.17. The van der Waals surface area contributed by atoms with Gasteiger partial charge in [-0.1, -0.05) is 29.8 Å². The number of rotatable bonds is 7. The zero-order valence-corrected chi connectivity index (χ0v) is 11.6. The van der Waals surface area contributed by atoms with Crippen LogP contribution in [-0.2, 0) is 4.74 Å². The second-order valence-corrected chi connectivity index (χ2v) is 4.77. The molecular formula is C14H19ClFNO. The number of hydrogen-bond acceptors (Lipinski definition) is 2. The summed E-state index contributed by atoms with van der Waals surface area (Å²) in [5.74, 6) is -0.388. The van der Waals surface area contributed by atoms with Crippen LogP contribution in [0, 0.1) is 5.82 Å². The fourth-order valence-corrected chi connectivity index (χ4v) is 1.61. The fourth-order valence-electron chi connectivity index (χ4n) is 1.49. The van der Waals surface area contributed by atoms with Crippen LogP contribution in [0.3, 0.4) is 0 Å². The van der Waals surface area contributed by atoms with Crippen molar-refractivity contribution in [2.75, 3.05) is 19.8 Å². The minimum absolute atomic E-state index is 0.0604. The molecule has 1 aromatic rings. The summed E-state index contributed by atoms with van der Waals surface area (Å²) in [6.07, 6.45) is 0. The van der Waals surface area contributed by atoms with Crippen LogP contribution in [0.4, 0.5) is 4.39 Å². The summed E-state index contributed by atoms with van der Waals surface area (Å²) in [6.45, 7) is 9.54. The Bertz CT molecular complexity index is 409. The molecule has 1 N–H and O–H groups in total. The second kappa shape index (κ2) is 7.52. The zero-order chi connectivity index (χ0) is 13.5. The van der Waals surface area contributed by atoms with Gasteiger partial charge in [-0.25, -0.2) is 4.39 Å². The Balaban J connectivity index is 2.34. The molecule has 0 radical (unpaired) electrons. The van der Waals surface area contributed by atoms with Gasteiger partial charge in [0.1, 0.15) is 5.82 Å². The van der Waals surface area contributed by atoms with Gasteiger partial charge in [0.25, 0.3) is 0 Å². The van der Waals surface area contributed by atoms with Crippen LogP contribution in [0.1, 0.15) is 25.5 Å². The third-order valence-electron chi connectivity index (χ3n) is 2.49. The summed E-state index contributed by atoms with van der Waals surface area (Å²) in [5, 5.41) is 3.40. The predicted octanol–water partition coefficient (Wildman–Crippen LogP) is 3.72. The molecule has 0 aliphatic carbocycles. The van der Waals surface area contributed by atoms with E-state index in [1.807, 2.05) is 19.9 Å². The van der Waals surface area contributed by atoms with Crippen LogP contribution < -0.4 is 5.32 Å². The molecule has 0 aliphatic heterocycles. The molecule has 0 amide bonds. The van der Waals surface area contributed by atoms with Crippen molar-refractivity contribution in [3.63, 3.8) is 0 Å². The van der Waals surface area contributed by atoms with Crippen LogP contribution in [0.25, 0.3) is 0 Å². The molecule has 0 aromatic heterocycles. The molecule has 100 valence electrons. The highest BCUT2D eigenvalue weighted by Crippen LogP contribution is 2.19. The predicted molar refractivity (Wildman–Crippen MR) is 73.5 cm³/mol. The Morgan fingerprint density at radius 1 is 1.56 bits per heavy atom. The van der Waals surface area contributed by atoms with Crippen molar-refractivity contribution < 1.29 is 9.13 Å². The Morgan fingerprint density at radius 2 is 2.28 bits per heavy atom. The molecule has 0 saturated carbocycles. The Hall–Kier alpha value is -0.900. The van der Waals surface area contributed by atoms with Gasteiger partial charge in [-0.15, -0.1) is 0 Å². The normalized spacial score (nSPS) is 12.4. The second-order valence-electron chi connectivity index (χ2n) is 4.36. The lowest BCUT2D eigenvalue weighted by Gasteiger charge is -2.14. The Kier molecular flexibility index (Phi) is 6.33. The first-order valence-corrected chi connectivity index (χ1v) is 6.29. The first-order chi connectivity index (χ1) is 8.50. The molecule has 1 unspecified atom stereocenters. The average Bonchev–Trinajstić information content (AvgIpc) is 2.31. The molecule has 0 bridgehead atoms. The van der Waals surface area contributed by atoms with Crippen LogP contribution >= 0.6 is 11.6 Å². The van der Waals surface area contributed by atoms with E-state index in [4.69, 9.17) is 16.3 Å². The van der Waals surface area contributed by atoms with Crippen LogP contribution in [0.15, 0.2) is 30.4 Å². The summed E-state index contributed by atoms with van der Waals surface area (Å²) in [6, 6.07) is 4.90. The number of nitrogens with one attached hydrogen (secondary N) is 1. The maximum atomic E-state index is 13.3. The molecule has 0 aliphatic rings. The SMILES string of the molecule is C=C(C)COCCNC(C)c1ccc(Cl)c(F)c1. The molecule has 2 nitrogen and oxygen atoms in total. The lowest BCUT2D eigenvalue weighted by Crippen LogP contribution is -2.23. The first-order valence-electron chi connectivity index (χ1n) is 5.91. The van der Waals surface area contributed by atoms with E-state index in [2.05, 4.69) is 11.9 Å². The van der Waals surface area contributed by atoms with Gasteiger partial charge >= 0.3 is 0 Å². The van der Waals surface area contributed by atoms with Gasteiger partial charge in [-0.3, -0.25) is 0 Å². The molecular weight excluding hydrogens is 253 g/mol. The smallest absolute Gasteiger partial charge is 0.142 e. The van der Waals surface area contributed by atoms with Crippen LogP contribution in [0.2, 0.25) is 5.02 Å². The van der Waals surface area contributed by atoms with Gasteiger partial charge in [-0.2, -0.15) is 0 Å². The first kappa shape index (κ1) is 15.2. The maximum absolute atomic E-state index is 13.3. The maximum Gasteiger partial charge on any atom is 0.142 e. The van der Waals surface area contributed by atoms with E-state index in [-0.39, 0.29) is 16.9 Å². The van der Waals surface area contributed by atoms with Gasteiger partial charge in [0.2, 0.25) is 0 Å². The Labute approximate surface area is 113 Å². The van der Waals surface area contributed by atoms with Crippen molar-refractivity contribution in [2.24, 2.45) is 0 Å². The molecule has 0 heterocycles. The van der Waals surface area contributed by atoms with E-state index in [1.165, 1.54) is 6.07 Å². The van der Waals surface area contributed by atoms with Crippen LogP contribution in [0.5, 0.6) is 0 Å². The van der Waals surface area contributed by atoms with Crippen molar-refractivity contribution >= 4 is 11.6 Å². The summed E-state index contributed by atoms with van der Waals surface area (Å²) < 4.78 is 18.6. The summed E-state index contributed by atoms with van der Waals surface area (Å²) >= 11 is 5.64. The van der Waals surface area contributed by atoms with E-state index in [0.29, 0.717) is 19.8 Å². The number of hydrogen-bond donors (Lipinski definition) is 1. The van der Waals surface area contributed by atoms with E-state index < -0.39 is 0 Å². The molecule has 4 heteroatoms. The van der Waals surface area contributed by atoms with Crippen molar-refractivity contribution in [2.45, 2.75) is 19.9 Å². The molecule has 0 fully saturated rings. The lowest BCUT2D eigenvalue weighted by atomic mass is 10.1. The van der Waals surface area contributed by atoms with Crippen molar-refractivity contribution in [1.82, 2.24) is 5.32 Å². The van der Waals surface area contributed by atoms with Gasteiger partial charge in [-0.05, 0) is 31.5 Å². The van der Waals surface area contributed by atoms with Gasteiger partial charge in [0.05, 0.1) is 18.2 Å². The van der Waals surface area contributed by atoms with E-state index in [1.54, 1.807) is 6.07 Å². The minimum atomic E-state index is -0.388. The molecule has 18 heavy (non-hydrogen) atoms. The molecule has 1 rings (SSSR count). The standard InChI is InChI=1S/C14H19ClFNO/c1-10(2)9-18-7-6-17-11(3)12-4-5-13(15)14(16)8-12/h4-5,8,11,17H,1,6-7,9H2,2-3H3. The van der Waals surface area contributed by atoms with E-state index in [0.717, 1.165) is 11.1 Å². The molecule has 1 aromatic carbocycles. The lowest BCUT2D eigenvalue weighted by molar-refractivity contribution is 0.156. The third-order valence-corrected chi connectivity index (χ3v) is 2.80. The van der Waals surface area contributed by atoms with Crippen molar-refractivity contribution in [1.29, 1.82) is 0 Å². The number of ether oxygens (including phenoxy) is 1. The number of halogens is 2. The summed E-state index contributed by atoms with van der Waals surface area (Å²) in [7, 11) is 0. The Morgan fingerprint density at radius 3 is 2.89 bits per heavy atom. The van der Waals surface area contributed by atoms with Gasteiger partial charge in [0, 0.05) is 12.6 Å². The highest BCUT2D eigenvalue weighted by atomic mass is 35.5. The van der Waals surface area contributed by atoms with Crippen molar-refractivity contribution in [3.8, 4) is 0 Å². The minimum Gasteiger partial charge on any atom is -0.376 e. The highest BCUT2D eigenvalue weighted by molar-refractivity contribution is 6.30. The molecule has 0 saturated heterocycles. The topological polar surface area (TPSA) is 21.3 Å². The van der Waals surface area contributed by atoms with E-state index >= 15 is 0 Å². The zero-order valence-electron chi connectivity index (χ0n) is 10.8. The average molecular weight is 272 g/mol. The monoisotopic (exact) mass is 271 g/mol.